The Balaban J connectivity index is 1.58. The van der Waals surface area contributed by atoms with Gasteiger partial charge in [-0.15, -0.1) is 0 Å². The lowest BCUT2D eigenvalue weighted by Crippen LogP contribution is -2.45. The molecule has 2 heterocycles. The zero-order chi connectivity index (χ0) is 17.8. The number of carbonyl (C=O) groups excluding carboxylic acids is 1. The monoisotopic (exact) mass is 343 g/mol. The molecule has 0 aliphatic carbocycles. The van der Waals surface area contributed by atoms with Gasteiger partial charge in [0.25, 0.3) is 0 Å². The molecule has 6 heteroatoms. The highest BCUT2D eigenvalue weighted by molar-refractivity contribution is 5.94. The molecule has 1 aliphatic heterocycles. The molecule has 0 bridgehead atoms. The fourth-order valence-corrected chi connectivity index (χ4v) is 3.19. The number of benzene rings is 1. The Morgan fingerprint density at radius 1 is 1.16 bits per heavy atom. The zero-order valence-corrected chi connectivity index (χ0v) is 15.1. The predicted molar refractivity (Wildman–Crippen MR) is 94.8 cm³/mol. The summed E-state index contributed by atoms with van der Waals surface area (Å²) in [6.07, 6.45) is 0. The number of piperazine rings is 1. The molecule has 0 N–H and O–H groups in total. The van der Waals surface area contributed by atoms with E-state index in [1.54, 1.807) is 14.0 Å². The molecule has 1 aliphatic rings. The fourth-order valence-electron chi connectivity index (χ4n) is 3.19. The van der Waals surface area contributed by atoms with Crippen LogP contribution in [0, 0.1) is 6.92 Å². The van der Waals surface area contributed by atoms with Crippen LogP contribution in [0.1, 0.15) is 34.3 Å². The summed E-state index contributed by atoms with van der Waals surface area (Å²) in [7, 11) is 1.67. The molecule has 1 aromatic carbocycles. The van der Waals surface area contributed by atoms with Crippen molar-refractivity contribution < 1.29 is 14.1 Å². The number of ether oxygens (including phenoxy) is 1. The summed E-state index contributed by atoms with van der Waals surface area (Å²) in [5, 5.41) is 4.07. The Kier molecular flexibility index (Phi) is 5.50. The summed E-state index contributed by atoms with van der Waals surface area (Å²) in [6.45, 7) is 9.05. The molecule has 134 valence electrons. The Bertz CT molecular complexity index is 733. The predicted octanol–water partition coefficient (Wildman–Crippen LogP) is 2.51. The van der Waals surface area contributed by atoms with Gasteiger partial charge in [0.1, 0.15) is 11.5 Å². The average Bonchev–Trinajstić information content (AvgIpc) is 3.01. The first kappa shape index (κ1) is 17.6. The van der Waals surface area contributed by atoms with Gasteiger partial charge in [-0.1, -0.05) is 5.16 Å². The van der Waals surface area contributed by atoms with Crippen LogP contribution in [0.4, 0.5) is 0 Å². The SMILES string of the molecule is COc1ccc(C(C)=O)cc1CN1CCN(Cc2cc(C)on2)CC1. The van der Waals surface area contributed by atoms with Crippen molar-refractivity contribution in [3.8, 4) is 5.75 Å². The zero-order valence-electron chi connectivity index (χ0n) is 15.1. The van der Waals surface area contributed by atoms with Gasteiger partial charge in [-0.05, 0) is 32.0 Å². The van der Waals surface area contributed by atoms with E-state index in [2.05, 4.69) is 15.0 Å². The Labute approximate surface area is 148 Å². The number of carbonyl (C=O) groups is 1. The van der Waals surface area contributed by atoms with Crippen molar-refractivity contribution in [2.45, 2.75) is 26.9 Å². The molecule has 25 heavy (non-hydrogen) atoms. The number of ketones is 1. The van der Waals surface area contributed by atoms with Crippen LogP contribution in [-0.4, -0.2) is 54.0 Å². The number of nitrogens with zero attached hydrogens (tertiary/aromatic N) is 3. The number of hydrogen-bond donors (Lipinski definition) is 0. The average molecular weight is 343 g/mol. The number of aryl methyl sites for hydroxylation is 1. The number of rotatable bonds is 6. The lowest BCUT2D eigenvalue weighted by atomic mass is 10.1. The molecule has 1 saturated heterocycles. The number of hydrogen-bond acceptors (Lipinski definition) is 6. The van der Waals surface area contributed by atoms with E-state index >= 15 is 0 Å². The van der Waals surface area contributed by atoms with Crippen molar-refractivity contribution in [3.63, 3.8) is 0 Å². The molecule has 0 saturated carbocycles. The summed E-state index contributed by atoms with van der Waals surface area (Å²) in [5.74, 6) is 1.77. The van der Waals surface area contributed by atoms with E-state index in [0.717, 1.165) is 67.6 Å². The molecule has 1 fully saturated rings. The van der Waals surface area contributed by atoms with Gasteiger partial charge in [0.05, 0.1) is 12.8 Å². The van der Waals surface area contributed by atoms with Crippen LogP contribution in [0.15, 0.2) is 28.8 Å². The van der Waals surface area contributed by atoms with E-state index in [4.69, 9.17) is 9.26 Å². The smallest absolute Gasteiger partial charge is 0.159 e. The molecule has 3 rings (SSSR count). The van der Waals surface area contributed by atoms with Crippen LogP contribution in [0.25, 0.3) is 0 Å². The van der Waals surface area contributed by atoms with Gasteiger partial charge in [-0.3, -0.25) is 14.6 Å². The number of aromatic nitrogens is 1. The maximum Gasteiger partial charge on any atom is 0.159 e. The highest BCUT2D eigenvalue weighted by Crippen LogP contribution is 2.23. The van der Waals surface area contributed by atoms with Crippen molar-refractivity contribution in [2.75, 3.05) is 33.3 Å². The first-order chi connectivity index (χ1) is 12.0. The highest BCUT2D eigenvalue weighted by Gasteiger charge is 2.19. The van der Waals surface area contributed by atoms with E-state index in [-0.39, 0.29) is 5.78 Å². The quantitative estimate of drug-likeness (QED) is 0.751. The molecule has 0 radical (unpaired) electrons. The van der Waals surface area contributed by atoms with Crippen molar-refractivity contribution >= 4 is 5.78 Å². The van der Waals surface area contributed by atoms with Gasteiger partial charge in [0, 0.05) is 56.5 Å². The Hall–Kier alpha value is -2.18. The van der Waals surface area contributed by atoms with Crippen LogP contribution >= 0.6 is 0 Å². The third-order valence-electron chi connectivity index (χ3n) is 4.61. The topological polar surface area (TPSA) is 58.8 Å². The molecular weight excluding hydrogens is 318 g/mol. The molecule has 1 aromatic heterocycles. The van der Waals surface area contributed by atoms with Gasteiger partial charge < -0.3 is 9.26 Å². The molecule has 6 nitrogen and oxygen atoms in total. The van der Waals surface area contributed by atoms with Gasteiger partial charge in [-0.25, -0.2) is 0 Å². The lowest BCUT2D eigenvalue weighted by molar-refractivity contribution is 0.101. The van der Waals surface area contributed by atoms with Crippen LogP contribution in [0.3, 0.4) is 0 Å². The maximum atomic E-state index is 11.6. The minimum atomic E-state index is 0.0802. The largest absolute Gasteiger partial charge is 0.496 e. The molecule has 0 unspecified atom stereocenters. The molecule has 0 amide bonds. The first-order valence-corrected chi connectivity index (χ1v) is 8.60. The Morgan fingerprint density at radius 3 is 2.40 bits per heavy atom. The first-order valence-electron chi connectivity index (χ1n) is 8.60. The van der Waals surface area contributed by atoms with E-state index in [1.807, 2.05) is 31.2 Å². The molecule has 2 aromatic rings. The van der Waals surface area contributed by atoms with Gasteiger partial charge in [0.2, 0.25) is 0 Å². The lowest BCUT2D eigenvalue weighted by Gasteiger charge is -2.34. The van der Waals surface area contributed by atoms with Crippen LogP contribution in [0.2, 0.25) is 0 Å². The van der Waals surface area contributed by atoms with E-state index < -0.39 is 0 Å². The van der Waals surface area contributed by atoms with E-state index in [0.29, 0.717) is 0 Å². The third kappa shape index (κ3) is 4.46. The van der Waals surface area contributed by atoms with Crippen molar-refractivity contribution in [1.82, 2.24) is 15.0 Å². The minimum absolute atomic E-state index is 0.0802. The third-order valence-corrected chi connectivity index (χ3v) is 4.61. The van der Waals surface area contributed by atoms with Crippen LogP contribution < -0.4 is 4.74 Å². The summed E-state index contributed by atoms with van der Waals surface area (Å²) >= 11 is 0. The Morgan fingerprint density at radius 2 is 1.84 bits per heavy atom. The number of Topliss-reactive ketones (excluding diaryl/α,β-unsaturated/α-hetero) is 1. The van der Waals surface area contributed by atoms with Gasteiger partial charge in [0.15, 0.2) is 5.78 Å². The summed E-state index contributed by atoms with van der Waals surface area (Å²) in [6, 6.07) is 7.65. The molecular formula is C19H25N3O3. The minimum Gasteiger partial charge on any atom is -0.496 e. The fraction of sp³-hybridized carbons (Fsp3) is 0.474. The van der Waals surface area contributed by atoms with E-state index in [1.165, 1.54) is 0 Å². The second-order valence-corrected chi connectivity index (χ2v) is 6.56. The van der Waals surface area contributed by atoms with Crippen molar-refractivity contribution in [1.29, 1.82) is 0 Å². The summed E-state index contributed by atoms with van der Waals surface area (Å²) in [5.41, 5.74) is 2.79. The van der Waals surface area contributed by atoms with Crippen LogP contribution in [-0.2, 0) is 13.1 Å². The normalized spacial score (nSPS) is 16.1. The summed E-state index contributed by atoms with van der Waals surface area (Å²) in [4.78, 5) is 16.4. The standard InChI is InChI=1S/C19H25N3O3/c1-14-10-18(20-25-14)13-22-8-6-21(7-9-22)12-17-11-16(15(2)23)4-5-19(17)24-3/h4-5,10-11H,6-9,12-13H2,1-3H3. The maximum absolute atomic E-state index is 11.6. The second kappa shape index (κ2) is 7.80. The summed E-state index contributed by atoms with van der Waals surface area (Å²) < 4.78 is 10.6. The molecule has 0 atom stereocenters. The van der Waals surface area contributed by atoms with E-state index in [9.17, 15) is 4.79 Å². The number of methoxy groups -OCH3 is 1. The van der Waals surface area contributed by atoms with Crippen molar-refractivity contribution in [2.24, 2.45) is 0 Å². The highest BCUT2D eigenvalue weighted by atomic mass is 16.5. The molecule has 0 spiro atoms. The second-order valence-electron chi connectivity index (χ2n) is 6.56. The van der Waals surface area contributed by atoms with Crippen LogP contribution in [0.5, 0.6) is 5.75 Å². The van der Waals surface area contributed by atoms with Crippen molar-refractivity contribution in [3.05, 3.63) is 46.8 Å². The van der Waals surface area contributed by atoms with Gasteiger partial charge in [-0.2, -0.15) is 0 Å². The van der Waals surface area contributed by atoms with Gasteiger partial charge >= 0.3 is 0 Å².